The minimum Gasteiger partial charge on any atom is -0.326 e. The lowest BCUT2D eigenvalue weighted by Crippen LogP contribution is -2.32. The molecule has 0 bridgehead atoms. The molecule has 1 aromatic carbocycles. The molecule has 3 N–H and O–H groups in total. The minimum absolute atomic E-state index is 0.0342. The van der Waals surface area contributed by atoms with Crippen LogP contribution in [0, 0.1) is 0 Å². The van der Waals surface area contributed by atoms with Crippen molar-refractivity contribution >= 4 is 0 Å². The minimum atomic E-state index is -0.0342. The number of benzene rings is 1. The van der Waals surface area contributed by atoms with Crippen molar-refractivity contribution in [2.24, 2.45) is 5.73 Å². The Bertz CT molecular complexity index is 404. The van der Waals surface area contributed by atoms with E-state index < -0.39 is 0 Å². The molecule has 0 spiro atoms. The Balaban J connectivity index is 1.74. The molecule has 2 nitrogen and oxygen atoms in total. The van der Waals surface area contributed by atoms with E-state index in [1.807, 2.05) is 0 Å². The van der Waals surface area contributed by atoms with Gasteiger partial charge in [-0.05, 0) is 75.6 Å². The molecule has 0 saturated carbocycles. The summed E-state index contributed by atoms with van der Waals surface area (Å²) in [6, 6.07) is 7.01. The molecule has 0 amide bonds. The second-order valence-electron chi connectivity index (χ2n) is 6.58. The molecule has 0 atom stereocenters. The van der Waals surface area contributed by atoms with Gasteiger partial charge in [0.2, 0.25) is 0 Å². The topological polar surface area (TPSA) is 38.0 Å². The van der Waals surface area contributed by atoms with Gasteiger partial charge in [-0.15, -0.1) is 0 Å². The second-order valence-corrected chi connectivity index (χ2v) is 6.58. The maximum Gasteiger partial charge on any atom is 0.0205 e. The van der Waals surface area contributed by atoms with E-state index in [9.17, 15) is 0 Å². The summed E-state index contributed by atoms with van der Waals surface area (Å²) in [5.74, 6) is 0. The van der Waals surface area contributed by atoms with Crippen LogP contribution in [0.4, 0.5) is 0 Å². The second kappa shape index (κ2) is 6.53. The molecule has 0 radical (unpaired) electrons. The fraction of sp³-hybridized carbons (Fsp3) is 0.647. The van der Waals surface area contributed by atoms with Crippen molar-refractivity contribution in [1.82, 2.24) is 5.32 Å². The van der Waals surface area contributed by atoms with Gasteiger partial charge in [0.05, 0.1) is 0 Å². The van der Waals surface area contributed by atoms with E-state index in [2.05, 4.69) is 37.4 Å². The molecule has 1 aromatic rings. The van der Waals surface area contributed by atoms with E-state index in [0.717, 1.165) is 25.9 Å². The molecule has 0 aliphatic heterocycles. The summed E-state index contributed by atoms with van der Waals surface area (Å²) >= 11 is 0. The molecular weight excluding hydrogens is 232 g/mol. The van der Waals surface area contributed by atoms with Crippen molar-refractivity contribution in [3.8, 4) is 0 Å². The highest BCUT2D eigenvalue weighted by atomic mass is 14.8. The molecule has 0 saturated heterocycles. The Morgan fingerprint density at radius 2 is 1.89 bits per heavy atom. The van der Waals surface area contributed by atoms with Crippen LogP contribution in [-0.4, -0.2) is 12.1 Å². The van der Waals surface area contributed by atoms with Gasteiger partial charge in [-0.3, -0.25) is 0 Å². The van der Waals surface area contributed by atoms with Crippen LogP contribution in [0.1, 0.15) is 56.2 Å². The van der Waals surface area contributed by atoms with Gasteiger partial charge in [0, 0.05) is 12.1 Å². The molecule has 0 unspecified atom stereocenters. The van der Waals surface area contributed by atoms with Crippen LogP contribution in [0.5, 0.6) is 0 Å². The molecule has 1 aliphatic rings. The highest BCUT2D eigenvalue weighted by Crippen LogP contribution is 2.22. The Kier molecular flexibility index (Phi) is 5.00. The molecule has 1 aliphatic carbocycles. The monoisotopic (exact) mass is 260 g/mol. The van der Waals surface area contributed by atoms with E-state index in [4.69, 9.17) is 5.73 Å². The third kappa shape index (κ3) is 4.96. The van der Waals surface area contributed by atoms with Gasteiger partial charge >= 0.3 is 0 Å². The number of hydrogen-bond acceptors (Lipinski definition) is 2. The average Bonchev–Trinajstić information content (AvgIpc) is 2.37. The fourth-order valence-electron chi connectivity index (χ4n) is 2.80. The molecule has 0 fully saturated rings. The molecule has 0 heterocycles. The first-order chi connectivity index (χ1) is 9.04. The lowest BCUT2D eigenvalue weighted by molar-refractivity contribution is 0.448. The van der Waals surface area contributed by atoms with Crippen molar-refractivity contribution < 1.29 is 0 Å². The van der Waals surface area contributed by atoms with E-state index in [1.165, 1.54) is 31.2 Å². The molecule has 2 heteroatoms. The maximum atomic E-state index is 5.98. The number of rotatable bonds is 6. The van der Waals surface area contributed by atoms with Gasteiger partial charge in [0.25, 0.3) is 0 Å². The molecule has 106 valence electrons. The largest absolute Gasteiger partial charge is 0.326 e. The molecule has 19 heavy (non-hydrogen) atoms. The van der Waals surface area contributed by atoms with Gasteiger partial charge < -0.3 is 11.1 Å². The maximum absolute atomic E-state index is 5.98. The van der Waals surface area contributed by atoms with Crippen LogP contribution < -0.4 is 11.1 Å². The first kappa shape index (κ1) is 14.5. The highest BCUT2D eigenvalue weighted by Gasteiger charge is 2.10. The Morgan fingerprint density at radius 3 is 2.63 bits per heavy atom. The first-order valence-corrected chi connectivity index (χ1v) is 7.65. The Morgan fingerprint density at radius 1 is 1.16 bits per heavy atom. The van der Waals surface area contributed by atoms with Gasteiger partial charge in [-0.2, -0.15) is 0 Å². The summed E-state index contributed by atoms with van der Waals surface area (Å²) in [6.45, 7) is 6.23. The van der Waals surface area contributed by atoms with Gasteiger partial charge in [-0.1, -0.05) is 18.2 Å². The quantitative estimate of drug-likeness (QED) is 0.771. The Labute approximate surface area is 117 Å². The van der Waals surface area contributed by atoms with Crippen LogP contribution in [-0.2, 0) is 19.4 Å². The van der Waals surface area contributed by atoms with Crippen molar-refractivity contribution in [3.05, 3.63) is 34.9 Å². The SMILES string of the molecule is CC(C)(N)CCCNCc1ccc2c(c1)CCCC2. The van der Waals surface area contributed by atoms with Crippen LogP contribution in [0.15, 0.2) is 18.2 Å². The van der Waals surface area contributed by atoms with E-state index in [1.54, 1.807) is 11.1 Å². The number of fused-ring (bicyclic) bond motifs is 1. The fourth-order valence-corrected chi connectivity index (χ4v) is 2.80. The van der Waals surface area contributed by atoms with Crippen LogP contribution in [0.2, 0.25) is 0 Å². The van der Waals surface area contributed by atoms with Crippen molar-refractivity contribution in [3.63, 3.8) is 0 Å². The first-order valence-electron chi connectivity index (χ1n) is 7.65. The Hall–Kier alpha value is -0.860. The molecule has 2 rings (SSSR count). The van der Waals surface area contributed by atoms with E-state index in [-0.39, 0.29) is 5.54 Å². The van der Waals surface area contributed by atoms with Crippen molar-refractivity contribution in [2.45, 2.75) is 64.5 Å². The predicted molar refractivity (Wildman–Crippen MR) is 82.3 cm³/mol. The lowest BCUT2D eigenvalue weighted by atomic mass is 9.90. The van der Waals surface area contributed by atoms with Crippen molar-refractivity contribution in [1.29, 1.82) is 0 Å². The summed E-state index contributed by atoms with van der Waals surface area (Å²) in [6.07, 6.45) is 7.48. The zero-order chi connectivity index (χ0) is 13.7. The van der Waals surface area contributed by atoms with Gasteiger partial charge in [0.15, 0.2) is 0 Å². The summed E-state index contributed by atoms with van der Waals surface area (Å²) < 4.78 is 0. The number of nitrogens with one attached hydrogen (secondary N) is 1. The number of hydrogen-bond donors (Lipinski definition) is 2. The smallest absolute Gasteiger partial charge is 0.0205 e. The number of aryl methyl sites for hydroxylation is 2. The van der Waals surface area contributed by atoms with Gasteiger partial charge in [-0.25, -0.2) is 0 Å². The summed E-state index contributed by atoms with van der Waals surface area (Å²) in [4.78, 5) is 0. The van der Waals surface area contributed by atoms with Crippen LogP contribution in [0.25, 0.3) is 0 Å². The third-order valence-corrected chi connectivity index (χ3v) is 3.92. The van der Waals surface area contributed by atoms with Crippen molar-refractivity contribution in [2.75, 3.05) is 6.54 Å². The predicted octanol–water partition coefficient (Wildman–Crippen LogP) is 3.17. The molecule has 0 aromatic heterocycles. The number of nitrogens with two attached hydrogens (primary N) is 1. The van der Waals surface area contributed by atoms with E-state index >= 15 is 0 Å². The van der Waals surface area contributed by atoms with Crippen LogP contribution in [0.3, 0.4) is 0 Å². The summed E-state index contributed by atoms with van der Waals surface area (Å²) in [5.41, 5.74) is 10.5. The highest BCUT2D eigenvalue weighted by molar-refractivity contribution is 5.33. The lowest BCUT2D eigenvalue weighted by Gasteiger charge is -2.18. The zero-order valence-corrected chi connectivity index (χ0v) is 12.5. The summed E-state index contributed by atoms with van der Waals surface area (Å²) in [5, 5.41) is 3.53. The summed E-state index contributed by atoms with van der Waals surface area (Å²) in [7, 11) is 0. The van der Waals surface area contributed by atoms with Gasteiger partial charge in [0.1, 0.15) is 0 Å². The standard InChI is InChI=1S/C17H28N2/c1-17(2,18)10-5-11-19-13-14-8-9-15-6-3-4-7-16(15)12-14/h8-9,12,19H,3-7,10-11,13,18H2,1-2H3. The normalized spacial score (nSPS) is 15.3. The van der Waals surface area contributed by atoms with E-state index in [0.29, 0.717) is 0 Å². The molecular formula is C17H28N2. The third-order valence-electron chi connectivity index (χ3n) is 3.92. The average molecular weight is 260 g/mol. The van der Waals surface area contributed by atoms with Crippen LogP contribution >= 0.6 is 0 Å². The zero-order valence-electron chi connectivity index (χ0n) is 12.5.